The van der Waals surface area contributed by atoms with Crippen molar-refractivity contribution in [3.63, 3.8) is 0 Å². The summed E-state index contributed by atoms with van der Waals surface area (Å²) in [5.74, 6) is 0.831. The van der Waals surface area contributed by atoms with Crippen LogP contribution in [-0.2, 0) is 27.3 Å². The fraction of sp³-hybridized carbons (Fsp3) is 0.400. The minimum absolute atomic E-state index is 0.230. The second-order valence-electron chi connectivity index (χ2n) is 9.74. The Bertz CT molecular complexity index is 1140. The third-order valence-electron chi connectivity index (χ3n) is 7.06. The average Bonchev–Trinajstić information content (AvgIpc) is 2.95. The topological polar surface area (TPSA) is 60.3 Å². The van der Waals surface area contributed by atoms with Gasteiger partial charge in [-0.3, -0.25) is 0 Å². The zero-order chi connectivity index (χ0) is 26.5. The number of benzene rings is 3. The molecule has 0 bridgehead atoms. The third kappa shape index (κ3) is 9.30. The average molecular weight is 626 g/mol. The van der Waals surface area contributed by atoms with Crippen LogP contribution in [0.2, 0.25) is 0 Å². The van der Waals surface area contributed by atoms with Crippen molar-refractivity contribution in [3.05, 3.63) is 106 Å². The van der Waals surface area contributed by atoms with Gasteiger partial charge in [0.2, 0.25) is 0 Å². The Morgan fingerprint density at radius 2 is 1.43 bits per heavy atom. The van der Waals surface area contributed by atoms with Crippen molar-refractivity contribution in [1.29, 1.82) is 0 Å². The molecule has 1 aliphatic carbocycles. The monoisotopic (exact) mass is 626 g/mol. The SMILES string of the molecule is Cc1ccc(S(=O)(=O)[N-][C@@H](c2ccccc2)[C@@H](NCCCC2CCCCC2)c2ccccc2)cc1.[Cl][Ru+]. The molecule has 37 heavy (non-hydrogen) atoms. The Morgan fingerprint density at radius 1 is 0.865 bits per heavy atom. The first-order valence-corrected chi connectivity index (χ1v) is 16.7. The first-order chi connectivity index (χ1) is 18.0. The fourth-order valence-electron chi connectivity index (χ4n) is 5.08. The number of sulfonamides is 1. The zero-order valence-electron chi connectivity index (χ0n) is 21.4. The van der Waals surface area contributed by atoms with Gasteiger partial charge in [-0.2, -0.15) is 0 Å². The second-order valence-corrected chi connectivity index (χ2v) is 11.4. The van der Waals surface area contributed by atoms with E-state index >= 15 is 0 Å². The summed E-state index contributed by atoms with van der Waals surface area (Å²) in [6.07, 6.45) is 9.09. The van der Waals surface area contributed by atoms with Crippen molar-refractivity contribution in [3.8, 4) is 0 Å². The first-order valence-electron chi connectivity index (χ1n) is 13.0. The van der Waals surface area contributed by atoms with Crippen LogP contribution in [0.15, 0.2) is 89.8 Å². The minimum atomic E-state index is -3.84. The van der Waals surface area contributed by atoms with E-state index in [4.69, 9.17) is 0 Å². The van der Waals surface area contributed by atoms with Gasteiger partial charge in [-0.05, 0) is 49.9 Å². The Hall–Kier alpha value is -1.56. The Balaban J connectivity index is 0.00000186. The number of aryl methyl sites for hydroxylation is 1. The number of halogens is 1. The molecule has 0 heterocycles. The molecule has 1 saturated carbocycles. The molecule has 7 heteroatoms. The summed E-state index contributed by atoms with van der Waals surface area (Å²) >= 11 is 1.82. The van der Waals surface area contributed by atoms with E-state index < -0.39 is 16.1 Å². The van der Waals surface area contributed by atoms with Crippen molar-refractivity contribution in [1.82, 2.24) is 5.32 Å². The quantitative estimate of drug-likeness (QED) is 0.173. The fourth-order valence-corrected chi connectivity index (χ4v) is 6.23. The van der Waals surface area contributed by atoms with Crippen LogP contribution >= 0.6 is 9.69 Å². The molecule has 4 rings (SSSR count). The Morgan fingerprint density at radius 3 is 2.03 bits per heavy atom. The molecule has 3 aromatic carbocycles. The predicted octanol–water partition coefficient (Wildman–Crippen LogP) is 8.18. The van der Waals surface area contributed by atoms with Crippen LogP contribution in [0.25, 0.3) is 4.72 Å². The molecule has 4 nitrogen and oxygen atoms in total. The molecule has 0 aliphatic heterocycles. The standard InChI is InChI=1S/C30H37N2O2S.ClH.Ru/c1-24-19-21-28(22-20-24)35(33,34)32-30(27-17-9-4-10-18-27)29(26-15-7-3-8-16-26)31-23-11-14-25-12-5-2-6-13-25;;/h3-4,7-10,15-22,25,29-31H,2,5-6,11-14,23H2,1H3;1H;/q-1;;+2/p-1/t29-,30-;;/m0../s1. The van der Waals surface area contributed by atoms with E-state index in [1.807, 2.05) is 84.9 Å². The van der Waals surface area contributed by atoms with Gasteiger partial charge < -0.3 is 10.0 Å². The Kier molecular flexibility index (Phi) is 12.8. The van der Waals surface area contributed by atoms with Gasteiger partial charge in [-0.25, -0.2) is 8.42 Å². The van der Waals surface area contributed by atoms with Crippen molar-refractivity contribution in [2.45, 2.75) is 68.8 Å². The van der Waals surface area contributed by atoms with Crippen molar-refractivity contribution in [2.75, 3.05) is 6.54 Å². The summed E-state index contributed by atoms with van der Waals surface area (Å²) in [7, 11) is 0.729. The number of rotatable bonds is 11. The molecular weight excluding hydrogens is 589 g/mol. The van der Waals surface area contributed by atoms with Crippen LogP contribution in [0.3, 0.4) is 0 Å². The van der Waals surface area contributed by atoms with Gasteiger partial charge in [0, 0.05) is 10.9 Å². The van der Waals surface area contributed by atoms with Crippen LogP contribution in [0.5, 0.6) is 0 Å². The number of nitrogens with one attached hydrogen (secondary N) is 1. The van der Waals surface area contributed by atoms with Crippen LogP contribution in [0, 0.1) is 12.8 Å². The second kappa shape index (κ2) is 15.8. The van der Waals surface area contributed by atoms with Crippen molar-refractivity contribution < 1.29 is 25.7 Å². The van der Waals surface area contributed by atoms with E-state index in [-0.39, 0.29) is 10.9 Å². The van der Waals surface area contributed by atoms with Crippen molar-refractivity contribution >= 4 is 19.7 Å². The van der Waals surface area contributed by atoms with E-state index in [9.17, 15) is 8.42 Å². The Labute approximate surface area is 237 Å². The molecule has 200 valence electrons. The third-order valence-corrected chi connectivity index (χ3v) is 8.44. The van der Waals surface area contributed by atoms with E-state index in [0.717, 1.165) is 35.6 Å². The molecule has 0 saturated heterocycles. The summed E-state index contributed by atoms with van der Waals surface area (Å²) in [4.78, 5) is 0.230. The van der Waals surface area contributed by atoms with Crippen LogP contribution in [-0.4, -0.2) is 15.0 Å². The van der Waals surface area contributed by atoms with Crippen LogP contribution in [0.4, 0.5) is 0 Å². The normalized spacial score (nSPS) is 15.9. The van der Waals surface area contributed by atoms with E-state index in [1.165, 1.54) is 38.5 Å². The van der Waals surface area contributed by atoms with Crippen molar-refractivity contribution in [2.24, 2.45) is 5.92 Å². The van der Waals surface area contributed by atoms with Gasteiger partial charge in [-0.1, -0.05) is 122 Å². The molecule has 1 aliphatic rings. The van der Waals surface area contributed by atoms with Gasteiger partial charge in [0.15, 0.2) is 0 Å². The molecule has 0 aromatic heterocycles. The summed E-state index contributed by atoms with van der Waals surface area (Å²) in [6, 6.07) is 26.0. The number of hydrogen-bond acceptors (Lipinski definition) is 3. The maximum absolute atomic E-state index is 13.4. The molecule has 1 N–H and O–H groups in total. The molecule has 3 aromatic rings. The van der Waals surface area contributed by atoms with E-state index in [2.05, 4.69) is 31.9 Å². The van der Waals surface area contributed by atoms with Gasteiger partial charge in [0.1, 0.15) is 10.0 Å². The molecule has 2 atom stereocenters. The van der Waals surface area contributed by atoms with E-state index in [1.54, 1.807) is 12.1 Å². The molecule has 1 fully saturated rings. The van der Waals surface area contributed by atoms with Crippen LogP contribution < -0.4 is 5.32 Å². The number of hydrogen-bond donors (Lipinski definition) is 1. The number of nitrogens with zero attached hydrogens (tertiary/aromatic N) is 1. The first kappa shape index (κ1) is 30.0. The molecule has 0 spiro atoms. The summed E-state index contributed by atoms with van der Waals surface area (Å²) in [6.45, 7) is 2.78. The van der Waals surface area contributed by atoms with Gasteiger partial charge in [-0.15, -0.1) is 0 Å². The molecule has 0 unspecified atom stereocenters. The molecule has 0 amide bonds. The summed E-state index contributed by atoms with van der Waals surface area (Å²) < 4.78 is 31.3. The maximum atomic E-state index is 13.4. The van der Waals surface area contributed by atoms with E-state index in [0.29, 0.717) is 0 Å². The van der Waals surface area contributed by atoms with Gasteiger partial charge in [0.25, 0.3) is 0 Å². The van der Waals surface area contributed by atoms with Gasteiger partial charge >= 0.3 is 27.0 Å². The predicted molar refractivity (Wildman–Crippen MR) is 150 cm³/mol. The molecule has 0 radical (unpaired) electrons. The summed E-state index contributed by atoms with van der Waals surface area (Å²) in [5.41, 5.74) is 2.95. The summed E-state index contributed by atoms with van der Waals surface area (Å²) in [5, 5.41) is 3.70. The molecular formula is C30H37ClN2O2RuS. The zero-order valence-corrected chi connectivity index (χ0v) is 24.7. The van der Waals surface area contributed by atoms with Gasteiger partial charge in [0.05, 0.1) is 0 Å². The van der Waals surface area contributed by atoms with Crippen LogP contribution in [0.1, 0.15) is 73.7 Å².